The Morgan fingerprint density at radius 3 is 2.19 bits per heavy atom. The van der Waals surface area contributed by atoms with E-state index in [9.17, 15) is 23.1 Å². The van der Waals surface area contributed by atoms with Gasteiger partial charge in [-0.2, -0.15) is 8.42 Å². The predicted molar refractivity (Wildman–Crippen MR) is 103 cm³/mol. The third-order valence-corrected chi connectivity index (χ3v) is 3.79. The van der Waals surface area contributed by atoms with E-state index < -0.39 is 15.9 Å². The third kappa shape index (κ3) is 7.29. The topological polar surface area (TPSA) is 97.7 Å². The zero-order valence-electron chi connectivity index (χ0n) is 14.5. The molecule has 6 nitrogen and oxygen atoms in total. The molecule has 0 aliphatic rings. The van der Waals surface area contributed by atoms with Gasteiger partial charge in [-0.1, -0.05) is 36.4 Å². The summed E-state index contributed by atoms with van der Waals surface area (Å²) < 4.78 is 27.4. The molecule has 0 aromatic heterocycles. The molecule has 0 spiro atoms. The molecule has 2 aromatic rings. The molecule has 0 aliphatic heterocycles. The smallest absolute Gasteiger partial charge is 0.306 e. The molecular weight excluding hydrogens is 368 g/mol. The molecule has 0 saturated carbocycles. The van der Waals surface area contributed by atoms with Crippen LogP contribution in [0.15, 0.2) is 60.7 Å². The van der Waals surface area contributed by atoms with Crippen LogP contribution in [0.1, 0.15) is 17.5 Å². The lowest BCUT2D eigenvalue weighted by Crippen LogP contribution is -2.06. The van der Waals surface area contributed by atoms with Gasteiger partial charge in [0.05, 0.1) is 12.7 Å². The summed E-state index contributed by atoms with van der Waals surface area (Å²) >= 11 is 0. The molecule has 27 heavy (non-hydrogen) atoms. The van der Waals surface area contributed by atoms with Gasteiger partial charge in [0.15, 0.2) is 11.6 Å². The number of phenols is 1. The second kappa shape index (κ2) is 8.95. The maximum atomic E-state index is 11.9. The maximum Gasteiger partial charge on any atom is 0.306 e. The molecule has 0 amide bonds. The van der Waals surface area contributed by atoms with E-state index in [1.807, 2.05) is 0 Å². The molecule has 0 unspecified atom stereocenters. The Hall–Kier alpha value is -3.19. The summed E-state index contributed by atoms with van der Waals surface area (Å²) in [5.41, 5.74) is 1.12. The fourth-order valence-corrected chi connectivity index (χ4v) is 2.58. The number of hydrogen-bond acceptors (Lipinski definition) is 6. The third-order valence-electron chi connectivity index (χ3n) is 3.31. The van der Waals surface area contributed by atoms with Crippen LogP contribution in [0.2, 0.25) is 0 Å². The minimum atomic E-state index is -3.69. The van der Waals surface area contributed by atoms with Gasteiger partial charge in [-0.15, -0.1) is 0 Å². The Bertz CT molecular complexity index is 985. The lowest BCUT2D eigenvalue weighted by molar-refractivity contribution is -0.121. The van der Waals surface area contributed by atoms with Gasteiger partial charge in [0, 0.05) is 5.56 Å². The van der Waals surface area contributed by atoms with Crippen LogP contribution in [0.3, 0.4) is 0 Å². The van der Waals surface area contributed by atoms with Crippen molar-refractivity contribution in [3.63, 3.8) is 0 Å². The molecular formula is C20H18O6S. The predicted octanol–water partition coefficient (Wildman–Crippen LogP) is 2.99. The van der Waals surface area contributed by atoms with E-state index in [0.29, 0.717) is 5.56 Å². The van der Waals surface area contributed by atoms with E-state index in [1.165, 1.54) is 36.4 Å². The summed E-state index contributed by atoms with van der Waals surface area (Å²) in [5, 5.41) is 9.20. The number of allylic oxidation sites excluding steroid dienone is 2. The summed E-state index contributed by atoms with van der Waals surface area (Å²) in [6.45, 7) is 0. The molecule has 2 rings (SSSR count). The van der Waals surface area contributed by atoms with Crippen LogP contribution in [0, 0.1) is 0 Å². The highest BCUT2D eigenvalue weighted by atomic mass is 32.2. The van der Waals surface area contributed by atoms with Gasteiger partial charge in [0.25, 0.3) is 0 Å². The van der Waals surface area contributed by atoms with E-state index in [1.54, 1.807) is 36.4 Å². The highest BCUT2D eigenvalue weighted by Crippen LogP contribution is 2.21. The Kier molecular flexibility index (Phi) is 6.67. The Morgan fingerprint density at radius 1 is 0.963 bits per heavy atom. The molecule has 2 aromatic carbocycles. The number of rotatable bonds is 8. The molecule has 1 N–H and O–H groups in total. The normalized spacial score (nSPS) is 11.7. The van der Waals surface area contributed by atoms with Gasteiger partial charge in [0.2, 0.25) is 0 Å². The van der Waals surface area contributed by atoms with Crippen molar-refractivity contribution in [1.82, 2.24) is 0 Å². The van der Waals surface area contributed by atoms with Crippen LogP contribution >= 0.6 is 0 Å². The number of hydrogen-bond donors (Lipinski definition) is 1. The van der Waals surface area contributed by atoms with Crippen molar-refractivity contribution in [2.75, 3.05) is 6.26 Å². The summed E-state index contributed by atoms with van der Waals surface area (Å²) in [5.74, 6) is -0.579. The van der Waals surface area contributed by atoms with Gasteiger partial charge in [-0.05, 0) is 42.0 Å². The average Bonchev–Trinajstić information content (AvgIpc) is 2.59. The van der Waals surface area contributed by atoms with Crippen molar-refractivity contribution < 1.29 is 27.3 Å². The van der Waals surface area contributed by atoms with E-state index in [0.717, 1.165) is 11.8 Å². The second-order valence-electron chi connectivity index (χ2n) is 5.69. The molecule has 0 bridgehead atoms. The highest BCUT2D eigenvalue weighted by molar-refractivity contribution is 7.86. The molecule has 0 aliphatic carbocycles. The van der Waals surface area contributed by atoms with Crippen LogP contribution in [-0.4, -0.2) is 31.3 Å². The van der Waals surface area contributed by atoms with Crippen LogP contribution in [0.5, 0.6) is 11.5 Å². The van der Waals surface area contributed by atoms with Gasteiger partial charge in [0.1, 0.15) is 11.5 Å². The van der Waals surface area contributed by atoms with E-state index in [4.69, 9.17) is 4.18 Å². The van der Waals surface area contributed by atoms with Crippen LogP contribution < -0.4 is 4.18 Å². The fraction of sp³-hybridized carbons (Fsp3) is 0.100. The maximum absolute atomic E-state index is 11.9. The van der Waals surface area contributed by atoms with Gasteiger partial charge in [-0.3, -0.25) is 9.59 Å². The van der Waals surface area contributed by atoms with Crippen LogP contribution in [0.25, 0.3) is 12.2 Å². The molecule has 0 fully saturated rings. The number of carbonyl (C=O) groups excluding carboxylic acids is 2. The Morgan fingerprint density at radius 2 is 1.56 bits per heavy atom. The molecule has 7 heteroatoms. The molecule has 0 atom stereocenters. The van der Waals surface area contributed by atoms with Crippen molar-refractivity contribution in [2.45, 2.75) is 6.42 Å². The summed E-state index contributed by atoms with van der Waals surface area (Å²) in [6.07, 6.45) is 6.06. The SMILES string of the molecule is CS(=O)(=O)Oc1ccccc1/C=C/C(=O)CC(=O)/C=C/c1ccc(O)cc1. The van der Waals surface area contributed by atoms with Crippen LogP contribution in [-0.2, 0) is 19.7 Å². The molecule has 0 saturated heterocycles. The van der Waals surface area contributed by atoms with Gasteiger partial charge in [-0.25, -0.2) is 0 Å². The number of phenolic OH excluding ortho intramolecular Hbond substituents is 1. The van der Waals surface area contributed by atoms with Crippen molar-refractivity contribution in [3.05, 3.63) is 71.8 Å². The number of benzene rings is 2. The highest BCUT2D eigenvalue weighted by Gasteiger charge is 2.08. The minimum Gasteiger partial charge on any atom is -0.508 e. The fourth-order valence-electron chi connectivity index (χ4n) is 2.10. The standard InChI is InChI=1S/C20H18O6S/c1-27(24,25)26-20-5-3-2-4-16(20)9-13-19(23)14-18(22)12-8-15-6-10-17(21)11-7-15/h2-13,21H,14H2,1H3/b12-8+,13-9+. The molecule has 0 heterocycles. The lowest BCUT2D eigenvalue weighted by atomic mass is 10.1. The van der Waals surface area contributed by atoms with Crippen molar-refractivity contribution in [1.29, 1.82) is 0 Å². The lowest BCUT2D eigenvalue weighted by Gasteiger charge is -2.05. The van der Waals surface area contributed by atoms with E-state index in [-0.39, 0.29) is 23.7 Å². The first kappa shape index (κ1) is 20.1. The summed E-state index contributed by atoms with van der Waals surface area (Å²) in [4.78, 5) is 23.8. The monoisotopic (exact) mass is 386 g/mol. The number of para-hydroxylation sites is 1. The van der Waals surface area contributed by atoms with Crippen molar-refractivity contribution >= 4 is 33.8 Å². The number of ketones is 2. The van der Waals surface area contributed by atoms with Crippen LogP contribution in [0.4, 0.5) is 0 Å². The Labute approximate surface area is 157 Å². The largest absolute Gasteiger partial charge is 0.508 e. The first-order valence-corrected chi connectivity index (χ1v) is 9.74. The summed E-state index contributed by atoms with van der Waals surface area (Å²) in [7, 11) is -3.69. The zero-order valence-corrected chi connectivity index (χ0v) is 15.3. The van der Waals surface area contributed by atoms with E-state index in [2.05, 4.69) is 0 Å². The van der Waals surface area contributed by atoms with Crippen molar-refractivity contribution in [2.24, 2.45) is 0 Å². The van der Waals surface area contributed by atoms with Gasteiger partial charge < -0.3 is 9.29 Å². The summed E-state index contributed by atoms with van der Waals surface area (Å²) in [6, 6.07) is 12.6. The average molecular weight is 386 g/mol. The molecule has 0 radical (unpaired) electrons. The number of carbonyl (C=O) groups is 2. The molecule has 140 valence electrons. The first-order valence-electron chi connectivity index (χ1n) is 7.92. The Balaban J connectivity index is 1.99. The second-order valence-corrected chi connectivity index (χ2v) is 7.27. The quantitative estimate of drug-likeness (QED) is 0.425. The first-order chi connectivity index (χ1) is 12.7. The van der Waals surface area contributed by atoms with Gasteiger partial charge >= 0.3 is 10.1 Å². The number of aromatic hydroxyl groups is 1. The zero-order chi connectivity index (χ0) is 19.9. The minimum absolute atomic E-state index is 0.0996. The van der Waals surface area contributed by atoms with Crippen molar-refractivity contribution in [3.8, 4) is 11.5 Å². The van der Waals surface area contributed by atoms with E-state index >= 15 is 0 Å².